The Bertz CT molecular complexity index is 215. The number of carbonyl (C=O) groups excluding carboxylic acids is 2. The van der Waals surface area contributed by atoms with E-state index < -0.39 is 0 Å². The van der Waals surface area contributed by atoms with E-state index in [9.17, 15) is 9.59 Å². The minimum absolute atomic E-state index is 0.0953. The molecule has 3 nitrogen and oxygen atoms in total. The first-order chi connectivity index (χ1) is 6.15. The molecule has 0 spiro atoms. The molecule has 4 heteroatoms. The second-order valence-electron chi connectivity index (χ2n) is 3.16. The van der Waals surface area contributed by atoms with Gasteiger partial charge in [-0.15, -0.1) is 0 Å². The van der Waals surface area contributed by atoms with Crippen LogP contribution in [0.15, 0.2) is 0 Å². The van der Waals surface area contributed by atoms with Gasteiger partial charge >= 0.3 is 5.97 Å². The van der Waals surface area contributed by atoms with Crippen LogP contribution in [0.25, 0.3) is 0 Å². The minimum atomic E-state index is -0.167. The number of halogens is 1. The van der Waals surface area contributed by atoms with Crippen molar-refractivity contribution in [2.75, 3.05) is 6.61 Å². The number of rotatable bonds is 2. The Hall–Kier alpha value is -0.380. The van der Waals surface area contributed by atoms with E-state index >= 15 is 0 Å². The maximum atomic E-state index is 11.3. The van der Waals surface area contributed by atoms with Crippen LogP contribution in [0.1, 0.15) is 26.2 Å². The van der Waals surface area contributed by atoms with E-state index in [0.29, 0.717) is 25.9 Å². The normalized spacial score (nSPS) is 28.6. The van der Waals surface area contributed by atoms with E-state index in [4.69, 9.17) is 4.74 Å². The predicted octanol–water partition coefficient (Wildman–Crippen LogP) is 1.68. The molecule has 1 rings (SSSR count). The van der Waals surface area contributed by atoms with Crippen LogP contribution < -0.4 is 0 Å². The second-order valence-corrected chi connectivity index (χ2v) is 4.26. The first-order valence-corrected chi connectivity index (χ1v) is 5.40. The van der Waals surface area contributed by atoms with Crippen LogP contribution in [0, 0.1) is 5.92 Å². The molecule has 0 unspecified atom stereocenters. The second kappa shape index (κ2) is 4.74. The van der Waals surface area contributed by atoms with Crippen molar-refractivity contribution in [1.82, 2.24) is 0 Å². The third-order valence-electron chi connectivity index (χ3n) is 2.20. The van der Waals surface area contributed by atoms with Crippen LogP contribution in [0.4, 0.5) is 0 Å². The van der Waals surface area contributed by atoms with Gasteiger partial charge in [-0.1, -0.05) is 15.9 Å². The number of Topliss-reactive ketones (excluding diaryl/α,β-unsaturated/α-hetero) is 1. The van der Waals surface area contributed by atoms with E-state index in [2.05, 4.69) is 15.9 Å². The molecule has 0 saturated heterocycles. The number of ketones is 1. The lowest BCUT2D eigenvalue weighted by Crippen LogP contribution is -2.30. The summed E-state index contributed by atoms with van der Waals surface area (Å²) in [6, 6.07) is 0. The molecule has 74 valence electrons. The van der Waals surface area contributed by atoms with Gasteiger partial charge in [-0.05, 0) is 19.8 Å². The van der Waals surface area contributed by atoms with Crippen molar-refractivity contribution in [3.8, 4) is 0 Å². The van der Waals surface area contributed by atoms with E-state index in [1.54, 1.807) is 6.92 Å². The van der Waals surface area contributed by atoms with E-state index in [-0.39, 0.29) is 22.5 Å². The molecular formula is C9H13BrO3. The zero-order valence-electron chi connectivity index (χ0n) is 7.59. The van der Waals surface area contributed by atoms with Crippen molar-refractivity contribution in [1.29, 1.82) is 0 Å². The van der Waals surface area contributed by atoms with Gasteiger partial charge in [-0.2, -0.15) is 0 Å². The maximum Gasteiger partial charge on any atom is 0.308 e. The Balaban J connectivity index is 2.45. The van der Waals surface area contributed by atoms with Gasteiger partial charge in [-0.25, -0.2) is 0 Å². The number of esters is 1. The Morgan fingerprint density at radius 1 is 1.69 bits per heavy atom. The van der Waals surface area contributed by atoms with Crippen molar-refractivity contribution in [3.05, 3.63) is 0 Å². The smallest absolute Gasteiger partial charge is 0.308 e. The standard InChI is InChI=1S/C9H13BrO3/c1-2-13-9(12)6-3-4-8(11)7(10)5-6/h6-7H,2-5H2,1H3/t6-,7+/m0/s1. The number of alkyl halides is 1. The van der Waals surface area contributed by atoms with Crippen molar-refractivity contribution >= 4 is 27.7 Å². The highest BCUT2D eigenvalue weighted by Crippen LogP contribution is 2.27. The molecule has 0 radical (unpaired) electrons. The minimum Gasteiger partial charge on any atom is -0.466 e. The van der Waals surface area contributed by atoms with E-state index in [0.717, 1.165) is 0 Å². The molecule has 0 heterocycles. The highest BCUT2D eigenvalue weighted by molar-refractivity contribution is 9.10. The molecule has 0 aliphatic heterocycles. The summed E-state index contributed by atoms with van der Waals surface area (Å²) in [6.07, 6.45) is 1.71. The highest BCUT2D eigenvalue weighted by atomic mass is 79.9. The summed E-state index contributed by atoms with van der Waals surface area (Å²) < 4.78 is 4.89. The Kier molecular flexibility index (Phi) is 3.90. The zero-order valence-corrected chi connectivity index (χ0v) is 9.17. The molecule has 0 aromatic heterocycles. The van der Waals surface area contributed by atoms with Crippen molar-refractivity contribution < 1.29 is 14.3 Å². The molecule has 0 aromatic rings. The largest absolute Gasteiger partial charge is 0.466 e. The first kappa shape index (κ1) is 10.7. The molecule has 1 saturated carbocycles. The Morgan fingerprint density at radius 3 is 2.92 bits per heavy atom. The highest BCUT2D eigenvalue weighted by Gasteiger charge is 2.31. The van der Waals surface area contributed by atoms with Crippen LogP contribution in [-0.4, -0.2) is 23.2 Å². The summed E-state index contributed by atoms with van der Waals surface area (Å²) in [4.78, 5) is 22.3. The lowest BCUT2D eigenvalue weighted by Gasteiger charge is -2.22. The van der Waals surface area contributed by atoms with Gasteiger partial charge < -0.3 is 4.74 Å². The Labute approximate surface area is 86.0 Å². The molecular weight excluding hydrogens is 236 g/mol. The van der Waals surface area contributed by atoms with Crippen LogP contribution in [0.5, 0.6) is 0 Å². The molecule has 13 heavy (non-hydrogen) atoms. The van der Waals surface area contributed by atoms with Crippen LogP contribution in [-0.2, 0) is 14.3 Å². The number of hydrogen-bond acceptors (Lipinski definition) is 3. The Morgan fingerprint density at radius 2 is 2.38 bits per heavy atom. The van der Waals surface area contributed by atoms with Crippen molar-refractivity contribution in [3.63, 3.8) is 0 Å². The first-order valence-electron chi connectivity index (χ1n) is 4.48. The van der Waals surface area contributed by atoms with Gasteiger partial charge in [0.1, 0.15) is 5.78 Å². The van der Waals surface area contributed by atoms with E-state index in [1.165, 1.54) is 0 Å². The fourth-order valence-electron chi connectivity index (χ4n) is 1.45. The molecule has 0 bridgehead atoms. The number of carbonyl (C=O) groups is 2. The number of ether oxygens (including phenoxy) is 1. The van der Waals surface area contributed by atoms with Gasteiger partial charge in [0.05, 0.1) is 17.4 Å². The summed E-state index contributed by atoms with van der Waals surface area (Å²) in [5, 5.41) is 0. The third-order valence-corrected chi connectivity index (χ3v) is 3.08. The molecule has 0 aromatic carbocycles. The van der Waals surface area contributed by atoms with Gasteiger partial charge in [0, 0.05) is 6.42 Å². The van der Waals surface area contributed by atoms with Gasteiger partial charge in [0.2, 0.25) is 0 Å². The lowest BCUT2D eigenvalue weighted by atomic mass is 9.88. The fraction of sp³-hybridized carbons (Fsp3) is 0.778. The van der Waals surface area contributed by atoms with Crippen molar-refractivity contribution in [2.24, 2.45) is 5.92 Å². The third kappa shape index (κ3) is 2.79. The van der Waals surface area contributed by atoms with Crippen LogP contribution in [0.2, 0.25) is 0 Å². The van der Waals surface area contributed by atoms with Gasteiger partial charge in [0.25, 0.3) is 0 Å². The van der Waals surface area contributed by atoms with Crippen LogP contribution in [0.3, 0.4) is 0 Å². The summed E-state index contributed by atoms with van der Waals surface area (Å²) in [5.74, 6) is -0.0676. The molecule has 1 aliphatic rings. The SMILES string of the molecule is CCOC(=O)[C@H]1CCC(=O)[C@H](Br)C1. The summed E-state index contributed by atoms with van der Waals surface area (Å²) in [6.45, 7) is 2.20. The van der Waals surface area contributed by atoms with E-state index in [1.807, 2.05) is 0 Å². The summed E-state index contributed by atoms with van der Waals surface area (Å²) in [7, 11) is 0. The monoisotopic (exact) mass is 248 g/mol. The predicted molar refractivity (Wildman–Crippen MR) is 51.7 cm³/mol. The molecule has 0 amide bonds. The fourth-order valence-corrected chi connectivity index (χ4v) is 2.13. The summed E-state index contributed by atoms with van der Waals surface area (Å²) in [5.41, 5.74) is 0. The molecule has 2 atom stereocenters. The average molecular weight is 249 g/mol. The van der Waals surface area contributed by atoms with Crippen LogP contribution >= 0.6 is 15.9 Å². The number of hydrogen-bond donors (Lipinski definition) is 0. The zero-order chi connectivity index (χ0) is 9.84. The molecule has 0 N–H and O–H groups in total. The quantitative estimate of drug-likeness (QED) is 0.552. The molecule has 1 aliphatic carbocycles. The lowest BCUT2D eigenvalue weighted by molar-refractivity contribution is -0.149. The van der Waals surface area contributed by atoms with Crippen molar-refractivity contribution in [2.45, 2.75) is 31.0 Å². The average Bonchev–Trinajstić information content (AvgIpc) is 2.10. The summed E-state index contributed by atoms with van der Waals surface area (Å²) >= 11 is 3.26. The van der Waals surface area contributed by atoms with Gasteiger partial charge in [-0.3, -0.25) is 9.59 Å². The van der Waals surface area contributed by atoms with Gasteiger partial charge in [0.15, 0.2) is 0 Å². The topological polar surface area (TPSA) is 43.4 Å². The molecule has 1 fully saturated rings. The maximum absolute atomic E-state index is 11.3.